The highest BCUT2D eigenvalue weighted by Gasteiger charge is 2.44. The third-order valence-electron chi connectivity index (χ3n) is 18.3. The van der Waals surface area contributed by atoms with Crippen LogP contribution in [0.3, 0.4) is 0 Å². The lowest BCUT2D eigenvalue weighted by atomic mass is 9.33. The van der Waals surface area contributed by atoms with Crippen molar-refractivity contribution in [2.24, 2.45) is 0 Å². The molecule has 0 saturated heterocycles. The van der Waals surface area contributed by atoms with Crippen LogP contribution in [-0.2, 0) is 0 Å². The van der Waals surface area contributed by atoms with E-state index in [9.17, 15) is 0 Å². The largest absolute Gasteiger partial charge is 0.311 e. The molecular weight excluding hydrogens is 1150 g/mol. The molecule has 0 saturated carbocycles. The molecule has 0 aliphatic carbocycles. The molecule has 0 bridgehead atoms. The van der Waals surface area contributed by atoms with Crippen molar-refractivity contribution in [1.82, 2.24) is 34.5 Å². The van der Waals surface area contributed by atoms with Crippen LogP contribution < -0.4 is 26.2 Å². The molecule has 0 spiro atoms. The van der Waals surface area contributed by atoms with E-state index in [1.54, 1.807) is 0 Å². The molecule has 16 aromatic rings. The van der Waals surface area contributed by atoms with Gasteiger partial charge in [-0.3, -0.25) is 0 Å². The smallest absolute Gasteiger partial charge is 0.252 e. The number of benzene rings is 13. The molecule has 0 fully saturated rings. The number of nitrogens with zero attached hydrogens (tertiary/aromatic N) is 9. The minimum absolute atomic E-state index is 0.0277. The SMILES string of the molecule is c1ccc(-c2nc(-c3ccccc3)nc(-c3ccc(-n4c5ccccc5c5cc(-c6nc(-c7ccccc7)nc(-c7ccccc7)n6)ccc54)c(-c4ccc(-c5ccc6c7c5N(c5ccccc5)c5ccccc5B7c5ccccc5N6c5ccccc5)cc4)c3)n2)cc1. The average Bonchev–Trinajstić information content (AvgIpc) is 0.838. The minimum atomic E-state index is -0.0277. The van der Waals surface area contributed by atoms with Gasteiger partial charge in [-0.25, -0.2) is 29.9 Å². The quantitative estimate of drug-likeness (QED) is 0.118. The maximum Gasteiger partial charge on any atom is 0.252 e. The van der Waals surface area contributed by atoms with E-state index in [0.29, 0.717) is 34.9 Å². The zero-order chi connectivity index (χ0) is 62.1. The number of aromatic nitrogens is 7. The van der Waals surface area contributed by atoms with Crippen molar-refractivity contribution in [3.8, 4) is 96.3 Å². The highest BCUT2D eigenvalue weighted by molar-refractivity contribution is 7.00. The highest BCUT2D eigenvalue weighted by Crippen LogP contribution is 2.49. The van der Waals surface area contributed by atoms with Gasteiger partial charge in [0.15, 0.2) is 34.9 Å². The summed E-state index contributed by atoms with van der Waals surface area (Å²) >= 11 is 0. The fourth-order valence-electron chi connectivity index (χ4n) is 14.0. The van der Waals surface area contributed by atoms with Gasteiger partial charge in [0.1, 0.15) is 0 Å². The summed E-state index contributed by atoms with van der Waals surface area (Å²) in [5.41, 5.74) is 23.4. The predicted molar refractivity (Wildman–Crippen MR) is 385 cm³/mol. The third-order valence-corrected chi connectivity index (χ3v) is 18.3. The topological polar surface area (TPSA) is 88.7 Å². The van der Waals surface area contributed by atoms with Crippen molar-refractivity contribution in [3.05, 3.63) is 328 Å². The first-order chi connectivity index (χ1) is 46.6. The molecule has 2 aliphatic rings. The molecule has 0 N–H and O–H groups in total. The fraction of sp³-hybridized carbons (Fsp3) is 0. The van der Waals surface area contributed by atoms with Gasteiger partial charge in [-0.15, -0.1) is 0 Å². The lowest BCUT2D eigenvalue weighted by molar-refractivity contribution is 1.07. The molecule has 5 heterocycles. The van der Waals surface area contributed by atoms with E-state index in [-0.39, 0.29) is 6.71 Å². The number of fused-ring (bicyclic) bond motifs is 7. The summed E-state index contributed by atoms with van der Waals surface area (Å²) in [5, 5.41) is 2.16. The fourth-order valence-corrected chi connectivity index (χ4v) is 14.0. The molecule has 9 nitrogen and oxygen atoms in total. The first kappa shape index (κ1) is 54.3. The minimum Gasteiger partial charge on any atom is -0.311 e. The molecule has 0 atom stereocenters. The van der Waals surface area contributed by atoms with Crippen molar-refractivity contribution < 1.29 is 0 Å². The number of hydrogen-bond acceptors (Lipinski definition) is 8. The second-order valence-corrected chi connectivity index (χ2v) is 23.8. The van der Waals surface area contributed by atoms with Gasteiger partial charge in [-0.1, -0.05) is 243 Å². The predicted octanol–water partition coefficient (Wildman–Crippen LogP) is 18.6. The molecular formula is C84H54BN9. The lowest BCUT2D eigenvalue weighted by Crippen LogP contribution is -2.61. The summed E-state index contributed by atoms with van der Waals surface area (Å²) < 4.78 is 2.40. The standard InChI is InChI=1S/C84H54BN9/c1-7-25-57(26-8-1)79-86-80(58-27-9-2-10-28-58)89-83(88-79)61-47-50-72(94-71-40-22-19-37-66(71)68-54-62(48-51-73(68)94)84-90-81(59-29-11-3-12-30-59)87-82(91-84)60-31-13-4-14-32-60)67(53-61)56-45-43-55(44-46-56)65-49-52-76-77-78(65)93(64-35-17-6-18-36-64)75-42-24-21-39-70(75)85(77)69-38-20-23-41-74(69)92(76)63-33-15-5-16-34-63/h1-54H. The van der Waals surface area contributed by atoms with E-state index in [1.165, 1.54) is 22.1 Å². The molecule has 0 unspecified atom stereocenters. The van der Waals surface area contributed by atoms with Crippen LogP contribution >= 0.6 is 0 Å². The van der Waals surface area contributed by atoms with Crippen molar-refractivity contribution in [3.63, 3.8) is 0 Å². The molecule has 438 valence electrons. The Bertz CT molecular complexity index is 5430. The van der Waals surface area contributed by atoms with Crippen LogP contribution in [0.25, 0.3) is 118 Å². The van der Waals surface area contributed by atoms with Crippen molar-refractivity contribution in [2.45, 2.75) is 0 Å². The Hall–Kier alpha value is -12.7. The van der Waals surface area contributed by atoms with Gasteiger partial charge in [0, 0.05) is 83.7 Å². The van der Waals surface area contributed by atoms with E-state index in [2.05, 4.69) is 245 Å². The van der Waals surface area contributed by atoms with Gasteiger partial charge in [-0.05, 0) is 112 Å². The van der Waals surface area contributed by atoms with Crippen LogP contribution in [0.15, 0.2) is 328 Å². The molecule has 18 rings (SSSR count). The Morgan fingerprint density at radius 1 is 0.234 bits per heavy atom. The van der Waals surface area contributed by atoms with Crippen LogP contribution in [0.5, 0.6) is 0 Å². The highest BCUT2D eigenvalue weighted by atomic mass is 15.2. The van der Waals surface area contributed by atoms with Gasteiger partial charge in [0.05, 0.1) is 22.4 Å². The molecule has 13 aromatic carbocycles. The monoisotopic (exact) mass is 1200 g/mol. The zero-order valence-electron chi connectivity index (χ0n) is 50.8. The van der Waals surface area contributed by atoms with E-state index < -0.39 is 0 Å². The first-order valence-corrected chi connectivity index (χ1v) is 31.7. The second kappa shape index (κ2) is 22.7. The maximum absolute atomic E-state index is 5.27. The summed E-state index contributed by atoms with van der Waals surface area (Å²) in [6, 6.07) is 116. The molecule has 0 amide bonds. The average molecular weight is 1200 g/mol. The van der Waals surface area contributed by atoms with Crippen molar-refractivity contribution in [2.75, 3.05) is 9.80 Å². The molecule has 10 heteroatoms. The molecule has 2 aliphatic heterocycles. The third kappa shape index (κ3) is 9.26. The van der Waals surface area contributed by atoms with E-state index in [1.807, 2.05) is 97.1 Å². The molecule has 0 radical (unpaired) electrons. The first-order valence-electron chi connectivity index (χ1n) is 31.7. The van der Waals surface area contributed by atoms with Crippen molar-refractivity contribution >= 4 is 79.0 Å². The summed E-state index contributed by atoms with van der Waals surface area (Å²) in [6.45, 7) is -0.0277. The zero-order valence-corrected chi connectivity index (χ0v) is 50.8. The van der Waals surface area contributed by atoms with Gasteiger partial charge in [0.2, 0.25) is 0 Å². The lowest BCUT2D eigenvalue weighted by Gasteiger charge is -2.45. The Balaban J connectivity index is 0.841. The summed E-state index contributed by atoms with van der Waals surface area (Å²) in [6.07, 6.45) is 0. The summed E-state index contributed by atoms with van der Waals surface area (Å²) in [7, 11) is 0. The van der Waals surface area contributed by atoms with E-state index >= 15 is 0 Å². The van der Waals surface area contributed by atoms with Crippen LogP contribution in [0.1, 0.15) is 0 Å². The van der Waals surface area contributed by atoms with Crippen LogP contribution in [0.4, 0.5) is 34.1 Å². The second-order valence-electron chi connectivity index (χ2n) is 23.8. The Kier molecular flexibility index (Phi) is 13.1. The number of hydrogen-bond donors (Lipinski definition) is 0. The number of para-hydroxylation sites is 5. The summed E-state index contributed by atoms with van der Waals surface area (Å²) in [5.74, 6) is 3.59. The molecule has 94 heavy (non-hydrogen) atoms. The van der Waals surface area contributed by atoms with Gasteiger partial charge in [0.25, 0.3) is 6.71 Å². The molecule has 3 aromatic heterocycles. The number of rotatable bonds is 11. The Morgan fingerprint density at radius 2 is 0.606 bits per heavy atom. The van der Waals surface area contributed by atoms with Crippen LogP contribution in [-0.4, -0.2) is 41.2 Å². The van der Waals surface area contributed by atoms with E-state index in [4.69, 9.17) is 29.9 Å². The Labute approximate surface area is 544 Å². The Morgan fingerprint density at radius 3 is 1.13 bits per heavy atom. The van der Waals surface area contributed by atoms with Crippen LogP contribution in [0, 0.1) is 0 Å². The normalized spacial score (nSPS) is 12.2. The van der Waals surface area contributed by atoms with Crippen molar-refractivity contribution in [1.29, 1.82) is 0 Å². The number of anilines is 6. The van der Waals surface area contributed by atoms with E-state index in [0.717, 1.165) is 112 Å². The maximum atomic E-state index is 5.27. The van der Waals surface area contributed by atoms with Gasteiger partial charge in [-0.2, -0.15) is 0 Å². The summed E-state index contributed by atoms with van der Waals surface area (Å²) in [4.78, 5) is 35.9. The van der Waals surface area contributed by atoms with Gasteiger partial charge < -0.3 is 14.4 Å². The van der Waals surface area contributed by atoms with Gasteiger partial charge >= 0.3 is 0 Å². The van der Waals surface area contributed by atoms with Crippen LogP contribution in [0.2, 0.25) is 0 Å².